The van der Waals surface area contributed by atoms with Crippen LogP contribution in [-0.2, 0) is 4.79 Å². The topological polar surface area (TPSA) is 76.4 Å². The summed E-state index contributed by atoms with van der Waals surface area (Å²) in [5.41, 5.74) is 1.52. The summed E-state index contributed by atoms with van der Waals surface area (Å²) in [5.74, 6) is -0.344. The fraction of sp³-hybridized carbons (Fsp3) is 0.167. The minimum absolute atomic E-state index is 0.0737. The van der Waals surface area contributed by atoms with Crippen LogP contribution >= 0.6 is 11.6 Å². The number of urea groups is 1. The summed E-state index contributed by atoms with van der Waals surface area (Å²) < 4.78 is 0. The van der Waals surface area contributed by atoms with Gasteiger partial charge in [-0.15, -0.1) is 0 Å². The molecule has 25 heavy (non-hydrogen) atoms. The zero-order valence-electron chi connectivity index (χ0n) is 13.3. The van der Waals surface area contributed by atoms with Gasteiger partial charge >= 0.3 is 6.03 Å². The van der Waals surface area contributed by atoms with Gasteiger partial charge in [0.25, 0.3) is 0 Å². The number of carbonyl (C=O) groups is 2. The van der Waals surface area contributed by atoms with Crippen LogP contribution in [0.2, 0.25) is 5.02 Å². The van der Waals surface area contributed by atoms with Crippen LogP contribution in [0.25, 0.3) is 0 Å². The molecule has 0 saturated carbocycles. The molecule has 3 amide bonds. The van der Waals surface area contributed by atoms with Gasteiger partial charge in [0, 0.05) is 23.8 Å². The third kappa shape index (κ3) is 3.73. The molecule has 126 valence electrons. The average Bonchev–Trinajstić information content (AvgIpc) is 2.96. The standard InChI is InChI=1S/C18H15ClN4O2/c19-14-5-3-6-15(10-14)23-9-8-22(18(23)25)12-17(24)21-16-7-2-1-4-13(16)11-20/h1-7,10H,8-9,12H2,(H,21,24). The normalized spacial score (nSPS) is 13.7. The summed E-state index contributed by atoms with van der Waals surface area (Å²) in [5, 5.41) is 12.3. The van der Waals surface area contributed by atoms with E-state index in [2.05, 4.69) is 5.32 Å². The Balaban J connectivity index is 1.65. The van der Waals surface area contributed by atoms with Gasteiger partial charge in [-0.1, -0.05) is 29.8 Å². The smallest absolute Gasteiger partial charge is 0.323 e. The van der Waals surface area contributed by atoms with Crippen LogP contribution in [0, 0.1) is 11.3 Å². The molecule has 1 heterocycles. The molecule has 0 aliphatic carbocycles. The van der Waals surface area contributed by atoms with E-state index in [1.165, 1.54) is 4.90 Å². The van der Waals surface area contributed by atoms with E-state index < -0.39 is 0 Å². The highest BCUT2D eigenvalue weighted by Crippen LogP contribution is 2.23. The molecule has 0 atom stereocenters. The molecule has 1 aliphatic heterocycles. The molecule has 7 heteroatoms. The largest absolute Gasteiger partial charge is 0.325 e. The Hall–Kier alpha value is -3.04. The van der Waals surface area contributed by atoms with Crippen LogP contribution in [0.1, 0.15) is 5.56 Å². The van der Waals surface area contributed by atoms with E-state index in [4.69, 9.17) is 16.9 Å². The molecule has 2 aromatic carbocycles. The number of halogens is 1. The van der Waals surface area contributed by atoms with Crippen LogP contribution in [0.3, 0.4) is 0 Å². The summed E-state index contributed by atoms with van der Waals surface area (Å²) in [4.78, 5) is 27.8. The van der Waals surface area contributed by atoms with E-state index in [0.29, 0.717) is 35.1 Å². The highest BCUT2D eigenvalue weighted by Gasteiger charge is 2.31. The van der Waals surface area contributed by atoms with Gasteiger partial charge in [-0.2, -0.15) is 5.26 Å². The third-order valence-corrected chi connectivity index (χ3v) is 4.11. The fourth-order valence-electron chi connectivity index (χ4n) is 2.67. The number of amides is 3. The van der Waals surface area contributed by atoms with Gasteiger partial charge in [-0.05, 0) is 30.3 Å². The van der Waals surface area contributed by atoms with Crippen molar-refractivity contribution in [2.75, 3.05) is 29.9 Å². The van der Waals surface area contributed by atoms with E-state index >= 15 is 0 Å². The van der Waals surface area contributed by atoms with Crippen LogP contribution in [0.4, 0.5) is 16.2 Å². The number of carbonyl (C=O) groups excluding carboxylic acids is 2. The maximum Gasteiger partial charge on any atom is 0.325 e. The lowest BCUT2D eigenvalue weighted by Gasteiger charge is -2.18. The molecule has 0 bridgehead atoms. The van der Waals surface area contributed by atoms with Gasteiger partial charge in [-0.25, -0.2) is 4.79 Å². The van der Waals surface area contributed by atoms with Crippen LogP contribution in [0.5, 0.6) is 0 Å². The molecular formula is C18H15ClN4O2. The molecule has 1 N–H and O–H groups in total. The van der Waals surface area contributed by atoms with Crippen molar-refractivity contribution < 1.29 is 9.59 Å². The van der Waals surface area contributed by atoms with E-state index in [0.717, 1.165) is 0 Å². The van der Waals surface area contributed by atoms with Crippen molar-refractivity contribution in [2.24, 2.45) is 0 Å². The molecule has 0 radical (unpaired) electrons. The predicted molar refractivity (Wildman–Crippen MR) is 95.6 cm³/mol. The lowest BCUT2D eigenvalue weighted by Crippen LogP contribution is -2.37. The predicted octanol–water partition coefficient (Wildman–Crippen LogP) is 3.09. The second-order valence-corrected chi connectivity index (χ2v) is 5.98. The van der Waals surface area contributed by atoms with Crippen molar-refractivity contribution >= 4 is 34.9 Å². The number of nitrogens with zero attached hydrogens (tertiary/aromatic N) is 3. The summed E-state index contributed by atoms with van der Waals surface area (Å²) in [7, 11) is 0. The number of anilines is 2. The van der Waals surface area contributed by atoms with Gasteiger partial charge in [0.05, 0.1) is 11.3 Å². The number of rotatable bonds is 4. The zero-order valence-corrected chi connectivity index (χ0v) is 14.0. The molecule has 1 saturated heterocycles. The van der Waals surface area contributed by atoms with Crippen LogP contribution < -0.4 is 10.2 Å². The number of hydrogen-bond donors (Lipinski definition) is 1. The summed E-state index contributed by atoms with van der Waals surface area (Å²) >= 11 is 5.97. The first-order chi connectivity index (χ1) is 12.1. The highest BCUT2D eigenvalue weighted by atomic mass is 35.5. The lowest BCUT2D eigenvalue weighted by molar-refractivity contribution is -0.116. The highest BCUT2D eigenvalue weighted by molar-refractivity contribution is 6.30. The molecule has 2 aromatic rings. The van der Waals surface area contributed by atoms with Crippen molar-refractivity contribution in [3.8, 4) is 6.07 Å². The van der Waals surface area contributed by atoms with E-state index in [9.17, 15) is 9.59 Å². The Bertz CT molecular complexity index is 862. The van der Waals surface area contributed by atoms with E-state index in [-0.39, 0.29) is 18.5 Å². The first-order valence-corrected chi connectivity index (χ1v) is 8.07. The number of hydrogen-bond acceptors (Lipinski definition) is 3. The third-order valence-electron chi connectivity index (χ3n) is 3.87. The maximum absolute atomic E-state index is 12.5. The Kier molecular flexibility index (Phi) is 4.87. The van der Waals surface area contributed by atoms with Gasteiger partial charge in [0.15, 0.2) is 0 Å². The zero-order chi connectivity index (χ0) is 17.8. The summed E-state index contributed by atoms with van der Waals surface area (Å²) in [6.07, 6.45) is 0. The summed E-state index contributed by atoms with van der Waals surface area (Å²) in [6.45, 7) is 0.857. The number of benzene rings is 2. The molecule has 0 unspecified atom stereocenters. The van der Waals surface area contributed by atoms with Crippen LogP contribution in [0.15, 0.2) is 48.5 Å². The lowest BCUT2D eigenvalue weighted by atomic mass is 10.2. The second kappa shape index (κ2) is 7.24. The monoisotopic (exact) mass is 354 g/mol. The summed E-state index contributed by atoms with van der Waals surface area (Å²) in [6, 6.07) is 15.5. The minimum atomic E-state index is -0.344. The molecule has 0 aromatic heterocycles. The minimum Gasteiger partial charge on any atom is -0.323 e. The Morgan fingerprint density at radius 3 is 2.76 bits per heavy atom. The van der Waals surface area contributed by atoms with Gasteiger partial charge in [0.1, 0.15) is 12.6 Å². The first-order valence-electron chi connectivity index (χ1n) is 7.69. The molecule has 1 fully saturated rings. The van der Waals surface area contributed by atoms with Gasteiger partial charge in [0.2, 0.25) is 5.91 Å². The Labute approximate surface area is 150 Å². The van der Waals surface area contributed by atoms with Gasteiger partial charge < -0.3 is 10.2 Å². The molecule has 3 rings (SSSR count). The quantitative estimate of drug-likeness (QED) is 0.916. The van der Waals surface area contributed by atoms with Crippen molar-refractivity contribution in [1.29, 1.82) is 5.26 Å². The van der Waals surface area contributed by atoms with E-state index in [1.807, 2.05) is 6.07 Å². The molecule has 0 spiro atoms. The first kappa shape index (κ1) is 16.8. The number of nitrogens with one attached hydrogen (secondary N) is 1. The van der Waals surface area contributed by atoms with E-state index in [1.54, 1.807) is 53.4 Å². The molecule has 1 aliphatic rings. The Morgan fingerprint density at radius 1 is 1.20 bits per heavy atom. The number of nitriles is 1. The maximum atomic E-state index is 12.5. The van der Waals surface area contributed by atoms with Crippen molar-refractivity contribution in [3.05, 3.63) is 59.1 Å². The average molecular weight is 355 g/mol. The fourth-order valence-corrected chi connectivity index (χ4v) is 2.85. The van der Waals surface area contributed by atoms with Crippen LogP contribution in [-0.4, -0.2) is 36.5 Å². The van der Waals surface area contributed by atoms with Crippen molar-refractivity contribution in [1.82, 2.24) is 4.90 Å². The van der Waals surface area contributed by atoms with Crippen molar-refractivity contribution in [3.63, 3.8) is 0 Å². The van der Waals surface area contributed by atoms with Gasteiger partial charge in [-0.3, -0.25) is 9.69 Å². The Morgan fingerprint density at radius 2 is 2.00 bits per heavy atom. The van der Waals surface area contributed by atoms with Crippen molar-refractivity contribution in [2.45, 2.75) is 0 Å². The molecule has 6 nitrogen and oxygen atoms in total. The second-order valence-electron chi connectivity index (χ2n) is 5.54. The SMILES string of the molecule is N#Cc1ccccc1NC(=O)CN1CCN(c2cccc(Cl)c2)C1=O. The molecular weight excluding hydrogens is 340 g/mol. The number of para-hydroxylation sites is 1.